The van der Waals surface area contributed by atoms with Crippen molar-refractivity contribution < 1.29 is 4.42 Å². The average Bonchev–Trinajstić information content (AvgIpc) is 3.71. The number of hydrogen-bond donors (Lipinski definition) is 2. The van der Waals surface area contributed by atoms with Gasteiger partial charge >= 0.3 is 0 Å². The highest BCUT2D eigenvalue weighted by atomic mass is 16.3. The van der Waals surface area contributed by atoms with E-state index in [-0.39, 0.29) is 11.6 Å². The minimum absolute atomic E-state index is 0.143. The number of benzene rings is 8. The van der Waals surface area contributed by atoms with Crippen molar-refractivity contribution in [2.75, 3.05) is 0 Å². The van der Waals surface area contributed by atoms with Crippen LogP contribution in [0.25, 0.3) is 71.4 Å². The highest BCUT2D eigenvalue weighted by Crippen LogP contribution is 2.52. The maximum absolute atomic E-state index is 6.93. The second kappa shape index (κ2) is 12.6. The maximum atomic E-state index is 6.93. The molecule has 1 unspecified atom stereocenters. The van der Waals surface area contributed by atoms with Gasteiger partial charge in [-0.1, -0.05) is 159 Å². The van der Waals surface area contributed by atoms with Gasteiger partial charge in [-0.2, -0.15) is 0 Å². The molecule has 0 bridgehead atoms. The molecule has 0 saturated heterocycles. The Balaban J connectivity index is 1.09. The van der Waals surface area contributed by atoms with Gasteiger partial charge in [-0.3, -0.25) is 0 Å². The van der Waals surface area contributed by atoms with E-state index in [1.54, 1.807) is 0 Å². The predicted octanol–water partition coefficient (Wildman–Crippen LogP) is 12.7. The zero-order chi connectivity index (χ0) is 36.4. The van der Waals surface area contributed by atoms with Crippen LogP contribution in [-0.2, 0) is 11.8 Å². The summed E-state index contributed by atoms with van der Waals surface area (Å²) >= 11 is 0. The van der Waals surface area contributed by atoms with Crippen LogP contribution in [0.5, 0.6) is 0 Å². The summed E-state index contributed by atoms with van der Waals surface area (Å²) in [6, 6.07) is 58.6. The molecule has 10 rings (SSSR count). The van der Waals surface area contributed by atoms with Crippen LogP contribution in [-0.4, -0.2) is 0 Å². The molecule has 0 saturated carbocycles. The molecule has 260 valence electrons. The van der Waals surface area contributed by atoms with Crippen LogP contribution in [0.1, 0.15) is 47.8 Å². The minimum atomic E-state index is -0.381. The highest BCUT2D eigenvalue weighted by molar-refractivity contribution is 6.19. The Morgan fingerprint density at radius 3 is 2.24 bits per heavy atom. The molecule has 3 nitrogen and oxygen atoms in total. The van der Waals surface area contributed by atoms with E-state index in [9.17, 15) is 0 Å². The zero-order valence-electron chi connectivity index (χ0n) is 30.4. The largest absolute Gasteiger partial charge is 0.455 e. The van der Waals surface area contributed by atoms with Crippen molar-refractivity contribution >= 4 is 49.2 Å². The summed E-state index contributed by atoms with van der Waals surface area (Å²) in [5, 5.41) is 10.9. The number of nitrogens with one attached hydrogen (secondary N) is 1. The van der Waals surface area contributed by atoms with Crippen molar-refractivity contribution in [2.24, 2.45) is 5.73 Å². The van der Waals surface area contributed by atoms with Gasteiger partial charge in [-0.15, -0.1) is 0 Å². The fourth-order valence-electron chi connectivity index (χ4n) is 8.74. The SMILES string of the molecule is CC1(C)c2cc3ccccc3cc2-c2c(/C(=C/Cc3cccc(-c4cccc5oc6c7ccccc7ccc6c45)c3)NC(N)c3ccccc3)cccc21. The molecule has 3 N–H and O–H groups in total. The molecule has 0 fully saturated rings. The third kappa shape index (κ3) is 5.23. The Hall–Kier alpha value is -6.42. The van der Waals surface area contributed by atoms with Gasteiger partial charge in [0.05, 0.1) is 0 Å². The molecule has 1 aliphatic carbocycles. The Labute approximate surface area is 315 Å². The summed E-state index contributed by atoms with van der Waals surface area (Å²) in [5.41, 5.74) is 20.7. The summed E-state index contributed by atoms with van der Waals surface area (Å²) in [4.78, 5) is 0. The van der Waals surface area contributed by atoms with E-state index in [4.69, 9.17) is 10.2 Å². The average molecular weight is 697 g/mol. The van der Waals surface area contributed by atoms with Crippen LogP contribution in [0.15, 0.2) is 174 Å². The van der Waals surface area contributed by atoms with Crippen molar-refractivity contribution in [1.82, 2.24) is 5.32 Å². The first kappa shape index (κ1) is 32.2. The Morgan fingerprint density at radius 2 is 1.39 bits per heavy atom. The molecule has 0 amide bonds. The van der Waals surface area contributed by atoms with Crippen molar-refractivity contribution in [3.8, 4) is 22.3 Å². The molecule has 0 spiro atoms. The Bertz CT molecular complexity index is 2930. The smallest absolute Gasteiger partial charge is 0.143 e. The van der Waals surface area contributed by atoms with Crippen LogP contribution >= 0.6 is 0 Å². The lowest BCUT2D eigenvalue weighted by Gasteiger charge is -2.23. The molecular weight excluding hydrogens is 657 g/mol. The molecule has 0 radical (unpaired) electrons. The first-order chi connectivity index (χ1) is 26.4. The molecular formula is C51H40N2O. The van der Waals surface area contributed by atoms with Gasteiger partial charge in [0.25, 0.3) is 0 Å². The highest BCUT2D eigenvalue weighted by Gasteiger charge is 2.37. The van der Waals surface area contributed by atoms with Gasteiger partial charge in [-0.05, 0) is 91.4 Å². The Morgan fingerprint density at radius 1 is 0.648 bits per heavy atom. The lowest BCUT2D eigenvalue weighted by atomic mass is 9.81. The summed E-state index contributed by atoms with van der Waals surface area (Å²) in [6.45, 7) is 4.70. The van der Waals surface area contributed by atoms with Crippen molar-refractivity contribution in [2.45, 2.75) is 31.8 Å². The first-order valence-electron chi connectivity index (χ1n) is 18.8. The molecule has 9 aromatic rings. The van der Waals surface area contributed by atoms with Gasteiger partial charge in [-0.25, -0.2) is 0 Å². The normalized spacial score (nSPS) is 14.1. The summed E-state index contributed by atoms with van der Waals surface area (Å²) in [7, 11) is 0. The van der Waals surface area contributed by atoms with Gasteiger partial charge in [0.2, 0.25) is 0 Å². The summed E-state index contributed by atoms with van der Waals surface area (Å²) in [6.07, 6.45) is 2.67. The maximum Gasteiger partial charge on any atom is 0.143 e. The van der Waals surface area contributed by atoms with E-state index in [0.717, 1.165) is 45.0 Å². The van der Waals surface area contributed by atoms with Gasteiger partial charge in [0, 0.05) is 32.8 Å². The quantitative estimate of drug-likeness (QED) is 0.163. The van der Waals surface area contributed by atoms with E-state index in [0.29, 0.717) is 0 Å². The first-order valence-corrected chi connectivity index (χ1v) is 18.8. The summed E-state index contributed by atoms with van der Waals surface area (Å²) < 4.78 is 6.53. The Kier molecular flexibility index (Phi) is 7.53. The fraction of sp³-hybridized carbons (Fsp3) is 0.0980. The third-order valence-electron chi connectivity index (χ3n) is 11.5. The number of nitrogens with two attached hydrogens (primary N) is 1. The fourth-order valence-corrected chi connectivity index (χ4v) is 8.74. The monoisotopic (exact) mass is 696 g/mol. The van der Waals surface area contributed by atoms with E-state index >= 15 is 0 Å². The second-order valence-electron chi connectivity index (χ2n) is 15.1. The van der Waals surface area contributed by atoms with E-state index in [1.165, 1.54) is 60.7 Å². The van der Waals surface area contributed by atoms with Crippen molar-refractivity contribution in [1.29, 1.82) is 0 Å². The van der Waals surface area contributed by atoms with Crippen molar-refractivity contribution in [3.05, 3.63) is 198 Å². The molecule has 54 heavy (non-hydrogen) atoms. The molecule has 1 heterocycles. The number of rotatable bonds is 7. The van der Waals surface area contributed by atoms with E-state index in [1.807, 2.05) is 18.2 Å². The molecule has 3 heteroatoms. The van der Waals surface area contributed by atoms with Gasteiger partial charge in [0.1, 0.15) is 17.3 Å². The topological polar surface area (TPSA) is 51.2 Å². The van der Waals surface area contributed by atoms with Crippen LogP contribution in [0.3, 0.4) is 0 Å². The number of furan rings is 1. The van der Waals surface area contributed by atoms with Crippen LogP contribution in [0, 0.1) is 0 Å². The molecule has 8 aromatic carbocycles. The zero-order valence-corrected chi connectivity index (χ0v) is 30.4. The second-order valence-corrected chi connectivity index (χ2v) is 15.1. The molecule has 1 aliphatic rings. The standard InChI is InChI=1S/C51H40N2O/c1-51(2)43-23-11-22-40(47(43)42-30-35-17-6-7-18-36(35)31-44(42)51)45(53-50(52)34-15-4-3-5-16-34)28-25-32-13-10-19-37(29-32)38-21-12-24-46-48(38)41-27-26-33-14-8-9-20-39(33)49(41)54-46/h3-24,26-31,50,53H,25,52H2,1-2H3/b45-28-. The van der Waals surface area contributed by atoms with Crippen LogP contribution in [0.2, 0.25) is 0 Å². The predicted molar refractivity (Wildman–Crippen MR) is 226 cm³/mol. The van der Waals surface area contributed by atoms with Crippen LogP contribution < -0.4 is 11.1 Å². The van der Waals surface area contributed by atoms with Crippen LogP contribution in [0.4, 0.5) is 0 Å². The lowest BCUT2D eigenvalue weighted by Crippen LogP contribution is -2.28. The number of fused-ring (bicyclic) bond motifs is 9. The van der Waals surface area contributed by atoms with Gasteiger partial charge < -0.3 is 15.5 Å². The van der Waals surface area contributed by atoms with E-state index in [2.05, 4.69) is 171 Å². The van der Waals surface area contributed by atoms with Gasteiger partial charge in [0.15, 0.2) is 0 Å². The van der Waals surface area contributed by atoms with Crippen molar-refractivity contribution in [3.63, 3.8) is 0 Å². The lowest BCUT2D eigenvalue weighted by molar-refractivity contribution is 0.659. The molecule has 1 atom stereocenters. The third-order valence-corrected chi connectivity index (χ3v) is 11.5. The van der Waals surface area contributed by atoms with E-state index < -0.39 is 0 Å². The molecule has 1 aromatic heterocycles. The molecule has 0 aliphatic heterocycles. The summed E-state index contributed by atoms with van der Waals surface area (Å²) in [5.74, 6) is 0. The number of allylic oxidation sites excluding steroid dienone is 1. The number of hydrogen-bond acceptors (Lipinski definition) is 3. The minimum Gasteiger partial charge on any atom is -0.455 e.